The molecule has 3 aromatic carbocycles. The van der Waals surface area contributed by atoms with Crippen molar-refractivity contribution in [3.05, 3.63) is 93.5 Å². The summed E-state index contributed by atoms with van der Waals surface area (Å²) < 4.78 is 46.0. The molecule has 1 saturated heterocycles. The summed E-state index contributed by atoms with van der Waals surface area (Å²) in [6, 6.07) is 15.4. The molecule has 9 nitrogen and oxygen atoms in total. The number of rotatable bonds is 17. The second-order valence-electron chi connectivity index (χ2n) is 12.7. The zero-order chi connectivity index (χ0) is 36.8. The topological polar surface area (TPSA) is 89.5 Å². The molecule has 2 amide bonds. The van der Waals surface area contributed by atoms with Crippen molar-refractivity contribution in [1.82, 2.24) is 20.1 Å². The predicted molar refractivity (Wildman–Crippen MR) is 197 cm³/mol. The van der Waals surface area contributed by atoms with Crippen molar-refractivity contribution in [2.24, 2.45) is 5.10 Å². The zero-order valence-electron chi connectivity index (χ0n) is 29.6. The molecule has 0 aliphatic carbocycles. The fourth-order valence-corrected chi connectivity index (χ4v) is 6.11. The zero-order valence-corrected chi connectivity index (χ0v) is 30.3. The van der Waals surface area contributed by atoms with E-state index in [-0.39, 0.29) is 16.8 Å². The lowest BCUT2D eigenvalue weighted by atomic mass is 10.1. The van der Waals surface area contributed by atoms with Crippen molar-refractivity contribution in [2.75, 3.05) is 64.8 Å². The van der Waals surface area contributed by atoms with E-state index in [0.29, 0.717) is 24.5 Å². The Bertz CT molecular complexity index is 1630. The fraction of sp³-hybridized carbons (Fsp3) is 0.447. The van der Waals surface area contributed by atoms with Crippen LogP contribution in [0.25, 0.3) is 0 Å². The third-order valence-corrected chi connectivity index (χ3v) is 9.16. The molecular formula is C38H48ClF3N6O3. The molecule has 4 rings (SSSR count). The number of amides is 2. The van der Waals surface area contributed by atoms with Gasteiger partial charge in [-0.15, -0.1) is 0 Å². The van der Waals surface area contributed by atoms with Gasteiger partial charge in [0.25, 0.3) is 11.8 Å². The van der Waals surface area contributed by atoms with Crippen LogP contribution in [0.5, 0.6) is 5.75 Å². The minimum atomic E-state index is -4.65. The summed E-state index contributed by atoms with van der Waals surface area (Å²) >= 11 is 5.73. The highest BCUT2D eigenvalue weighted by molar-refractivity contribution is 6.31. The maximum absolute atomic E-state index is 13.5. The van der Waals surface area contributed by atoms with Crippen molar-refractivity contribution >= 4 is 35.3 Å². The average Bonchev–Trinajstić information content (AvgIpc) is 3.11. The number of piperidine rings is 1. The summed E-state index contributed by atoms with van der Waals surface area (Å²) in [4.78, 5) is 33.9. The van der Waals surface area contributed by atoms with Crippen LogP contribution in [0.2, 0.25) is 5.02 Å². The number of hydrogen-bond donors (Lipinski definition) is 2. The molecule has 1 aliphatic rings. The molecule has 0 atom stereocenters. The summed E-state index contributed by atoms with van der Waals surface area (Å²) in [6.07, 6.45) is 0.925. The molecule has 276 valence electrons. The van der Waals surface area contributed by atoms with E-state index in [0.717, 1.165) is 76.1 Å². The fourth-order valence-electron chi connectivity index (χ4n) is 5.89. The van der Waals surface area contributed by atoms with Gasteiger partial charge in [-0.2, -0.15) is 18.3 Å². The van der Waals surface area contributed by atoms with E-state index in [1.165, 1.54) is 31.4 Å². The maximum Gasteiger partial charge on any atom is 0.417 e. The molecule has 0 unspecified atom stereocenters. The van der Waals surface area contributed by atoms with Crippen LogP contribution in [0, 0.1) is 0 Å². The first kappa shape index (κ1) is 39.8. The first-order valence-corrected chi connectivity index (χ1v) is 17.8. The molecule has 2 N–H and O–H groups in total. The van der Waals surface area contributed by atoms with Crippen LogP contribution in [-0.2, 0) is 12.7 Å². The van der Waals surface area contributed by atoms with Crippen molar-refractivity contribution < 1.29 is 27.5 Å². The van der Waals surface area contributed by atoms with Crippen LogP contribution in [0.15, 0.2) is 65.8 Å². The first-order chi connectivity index (χ1) is 24.5. The van der Waals surface area contributed by atoms with Gasteiger partial charge in [-0.1, -0.05) is 50.1 Å². The maximum atomic E-state index is 13.5. The van der Waals surface area contributed by atoms with Gasteiger partial charge in [0.15, 0.2) is 0 Å². The van der Waals surface area contributed by atoms with Gasteiger partial charge in [-0.25, -0.2) is 5.43 Å². The number of benzene rings is 3. The Labute approximate surface area is 303 Å². The van der Waals surface area contributed by atoms with E-state index in [1.807, 2.05) is 25.2 Å². The van der Waals surface area contributed by atoms with Gasteiger partial charge in [0.2, 0.25) is 0 Å². The largest absolute Gasteiger partial charge is 0.494 e. The number of nitrogens with one attached hydrogen (secondary N) is 2. The number of carbonyl (C=O) groups excluding carboxylic acids is 2. The number of alkyl halides is 3. The standard InChI is InChI=1S/C38H48ClF3N6O3/c1-4-47(5-2)21-20-46(3)27-29-11-9-12-30(23-29)36(49)44-35-16-14-31(51-22-10-19-48-17-7-6-8-18-48)25-32(35)37(50)45-43-26-28-13-15-34(39)33(24-28)38(40,41)42/h9,11-16,23-26H,4-8,10,17-22,27H2,1-3H3,(H,44,49)(H,45,50). The lowest BCUT2D eigenvalue weighted by Crippen LogP contribution is -2.32. The second-order valence-corrected chi connectivity index (χ2v) is 13.1. The van der Waals surface area contributed by atoms with Gasteiger partial charge in [0.05, 0.1) is 34.7 Å². The molecule has 1 fully saturated rings. The van der Waals surface area contributed by atoms with E-state index < -0.39 is 28.6 Å². The third kappa shape index (κ3) is 12.6. The lowest BCUT2D eigenvalue weighted by molar-refractivity contribution is -0.137. The minimum Gasteiger partial charge on any atom is -0.494 e. The Morgan fingerprint density at radius 3 is 2.47 bits per heavy atom. The summed E-state index contributed by atoms with van der Waals surface area (Å²) in [5.74, 6) is -0.659. The van der Waals surface area contributed by atoms with E-state index in [4.69, 9.17) is 16.3 Å². The van der Waals surface area contributed by atoms with E-state index in [2.05, 4.69) is 44.4 Å². The Balaban J connectivity index is 1.47. The third-order valence-electron chi connectivity index (χ3n) is 8.83. The molecule has 0 spiro atoms. The van der Waals surface area contributed by atoms with Gasteiger partial charge in [0.1, 0.15) is 5.75 Å². The monoisotopic (exact) mass is 728 g/mol. The number of likely N-dealkylation sites (tertiary alicyclic amines) is 1. The predicted octanol–water partition coefficient (Wildman–Crippen LogP) is 7.40. The number of anilines is 1. The van der Waals surface area contributed by atoms with Crippen molar-refractivity contribution in [3.8, 4) is 5.75 Å². The lowest BCUT2D eigenvalue weighted by Gasteiger charge is -2.26. The highest BCUT2D eigenvalue weighted by Crippen LogP contribution is 2.35. The molecule has 0 bridgehead atoms. The highest BCUT2D eigenvalue weighted by atomic mass is 35.5. The quantitative estimate of drug-likeness (QED) is 0.0856. The molecule has 0 saturated carbocycles. The second kappa shape index (κ2) is 19.6. The smallest absolute Gasteiger partial charge is 0.417 e. The number of ether oxygens (including phenoxy) is 1. The first-order valence-electron chi connectivity index (χ1n) is 17.5. The Kier molecular flexibility index (Phi) is 15.3. The summed E-state index contributed by atoms with van der Waals surface area (Å²) in [5.41, 5.74) is 3.14. The van der Waals surface area contributed by atoms with Crippen LogP contribution in [0.3, 0.4) is 0 Å². The average molecular weight is 729 g/mol. The number of nitrogens with zero attached hydrogens (tertiary/aromatic N) is 4. The number of halogens is 4. The van der Waals surface area contributed by atoms with Gasteiger partial charge >= 0.3 is 6.18 Å². The van der Waals surface area contributed by atoms with Crippen LogP contribution in [0.1, 0.15) is 76.9 Å². The van der Waals surface area contributed by atoms with Crippen LogP contribution in [-0.4, -0.2) is 92.2 Å². The van der Waals surface area contributed by atoms with E-state index in [9.17, 15) is 22.8 Å². The Morgan fingerprint density at radius 1 is 0.980 bits per heavy atom. The van der Waals surface area contributed by atoms with Crippen molar-refractivity contribution in [2.45, 2.75) is 52.3 Å². The molecule has 0 radical (unpaired) electrons. The summed E-state index contributed by atoms with van der Waals surface area (Å²) in [7, 11) is 2.04. The number of hydrazone groups is 1. The molecule has 1 heterocycles. The highest BCUT2D eigenvalue weighted by Gasteiger charge is 2.33. The molecular weight excluding hydrogens is 681 g/mol. The van der Waals surface area contributed by atoms with Crippen LogP contribution >= 0.6 is 11.6 Å². The number of likely N-dealkylation sites (N-methyl/N-ethyl adjacent to an activating group) is 2. The normalized spacial score (nSPS) is 14.0. The minimum absolute atomic E-state index is 0.0772. The summed E-state index contributed by atoms with van der Waals surface area (Å²) in [6.45, 7) is 12.3. The van der Waals surface area contributed by atoms with Crippen molar-refractivity contribution in [3.63, 3.8) is 0 Å². The number of carbonyl (C=O) groups is 2. The molecule has 0 aromatic heterocycles. The van der Waals surface area contributed by atoms with Gasteiger partial charge in [-0.3, -0.25) is 9.59 Å². The Hall–Kier alpha value is -3.97. The van der Waals surface area contributed by atoms with Gasteiger partial charge < -0.3 is 24.8 Å². The molecule has 13 heteroatoms. The van der Waals surface area contributed by atoms with Gasteiger partial charge in [-0.05, 0) is 106 Å². The van der Waals surface area contributed by atoms with Crippen LogP contribution < -0.4 is 15.5 Å². The van der Waals surface area contributed by atoms with Gasteiger partial charge in [0, 0.05) is 31.7 Å². The Morgan fingerprint density at radius 2 is 1.75 bits per heavy atom. The van der Waals surface area contributed by atoms with E-state index in [1.54, 1.807) is 18.2 Å². The number of hydrogen-bond acceptors (Lipinski definition) is 7. The SMILES string of the molecule is CCN(CC)CCN(C)Cc1cccc(C(=O)Nc2ccc(OCCCN3CCCCC3)cc2C(=O)NN=Cc2ccc(Cl)c(C(F)(F)F)c2)c1. The van der Waals surface area contributed by atoms with Crippen molar-refractivity contribution in [1.29, 1.82) is 0 Å². The molecule has 51 heavy (non-hydrogen) atoms. The molecule has 1 aliphatic heterocycles. The summed E-state index contributed by atoms with van der Waals surface area (Å²) in [5, 5.41) is 6.29. The van der Waals surface area contributed by atoms with E-state index >= 15 is 0 Å². The van der Waals surface area contributed by atoms with Crippen LogP contribution in [0.4, 0.5) is 18.9 Å². The molecule has 3 aromatic rings.